The Balaban J connectivity index is 1.98. The lowest BCUT2D eigenvalue weighted by atomic mass is 9.77. The fraction of sp³-hybridized carbons (Fsp3) is 0.500. The Morgan fingerprint density at radius 3 is 2.70 bits per heavy atom. The van der Waals surface area contributed by atoms with Crippen molar-refractivity contribution in [1.82, 2.24) is 15.2 Å². The molecule has 20 heavy (non-hydrogen) atoms. The van der Waals surface area contributed by atoms with Gasteiger partial charge in [-0.05, 0) is 50.6 Å². The summed E-state index contributed by atoms with van der Waals surface area (Å²) in [5, 5.41) is 3.14. The highest BCUT2D eigenvalue weighted by molar-refractivity contribution is 5.87. The summed E-state index contributed by atoms with van der Waals surface area (Å²) in [6, 6.07) is 4.10. The van der Waals surface area contributed by atoms with E-state index in [4.69, 9.17) is 0 Å². The Morgan fingerprint density at radius 2 is 2.15 bits per heavy atom. The second-order valence-electron chi connectivity index (χ2n) is 5.62. The van der Waals surface area contributed by atoms with Crippen LogP contribution in [0.2, 0.25) is 0 Å². The summed E-state index contributed by atoms with van der Waals surface area (Å²) in [5.41, 5.74) is 1.15. The number of likely N-dealkylation sites (N-methyl/N-ethyl adjacent to an activating group) is 1. The summed E-state index contributed by atoms with van der Waals surface area (Å²) >= 11 is 0. The normalized spacial score (nSPS) is 17.1. The van der Waals surface area contributed by atoms with Crippen LogP contribution in [0.25, 0.3) is 0 Å². The molecule has 0 aliphatic heterocycles. The van der Waals surface area contributed by atoms with E-state index in [9.17, 15) is 4.79 Å². The van der Waals surface area contributed by atoms with Gasteiger partial charge in [-0.2, -0.15) is 0 Å². The van der Waals surface area contributed by atoms with Crippen molar-refractivity contribution in [3.05, 3.63) is 42.2 Å². The molecule has 1 amide bonds. The van der Waals surface area contributed by atoms with Gasteiger partial charge in [0.2, 0.25) is 5.91 Å². The van der Waals surface area contributed by atoms with Crippen molar-refractivity contribution in [2.75, 3.05) is 20.6 Å². The number of pyridine rings is 1. The summed E-state index contributed by atoms with van der Waals surface area (Å²) in [6.45, 7) is 0.775. The predicted molar refractivity (Wildman–Crippen MR) is 80.2 cm³/mol. The summed E-state index contributed by atoms with van der Waals surface area (Å²) in [6.07, 6.45) is 10.7. The first kappa shape index (κ1) is 14.7. The quantitative estimate of drug-likeness (QED) is 0.808. The number of nitrogens with one attached hydrogen (secondary N) is 1. The highest BCUT2D eigenvalue weighted by Gasteiger charge is 2.29. The average Bonchev–Trinajstić information content (AvgIpc) is 2.36. The van der Waals surface area contributed by atoms with E-state index in [0.717, 1.165) is 12.1 Å². The molecule has 0 saturated heterocycles. The van der Waals surface area contributed by atoms with Gasteiger partial charge in [0, 0.05) is 25.0 Å². The van der Waals surface area contributed by atoms with Gasteiger partial charge in [0.25, 0.3) is 0 Å². The molecular weight excluding hydrogens is 250 g/mol. The van der Waals surface area contributed by atoms with Gasteiger partial charge in [-0.15, -0.1) is 0 Å². The van der Waals surface area contributed by atoms with E-state index in [1.54, 1.807) is 18.5 Å². The van der Waals surface area contributed by atoms with Crippen LogP contribution in [0.3, 0.4) is 0 Å². The SMILES string of the molecule is CN(C)C/C=C/C(=O)NC(c1ccncc1)C1CCC1. The fourth-order valence-corrected chi connectivity index (χ4v) is 2.39. The van der Waals surface area contributed by atoms with Crippen molar-refractivity contribution in [2.45, 2.75) is 25.3 Å². The highest BCUT2D eigenvalue weighted by atomic mass is 16.1. The molecule has 1 N–H and O–H groups in total. The van der Waals surface area contributed by atoms with Gasteiger partial charge in [-0.3, -0.25) is 9.78 Å². The number of rotatable bonds is 6. The molecule has 0 radical (unpaired) electrons. The molecule has 1 aromatic heterocycles. The number of hydrogen-bond acceptors (Lipinski definition) is 3. The number of carbonyl (C=O) groups is 1. The number of amides is 1. The minimum Gasteiger partial charge on any atom is -0.345 e. The number of aromatic nitrogens is 1. The molecule has 0 spiro atoms. The lowest BCUT2D eigenvalue weighted by Crippen LogP contribution is -2.35. The first-order valence-electron chi connectivity index (χ1n) is 7.18. The molecule has 1 heterocycles. The maximum absolute atomic E-state index is 12.0. The van der Waals surface area contributed by atoms with Crippen molar-refractivity contribution in [3.63, 3.8) is 0 Å². The summed E-state index contributed by atoms with van der Waals surface area (Å²) in [4.78, 5) is 18.1. The predicted octanol–water partition coefficient (Wildman–Crippen LogP) is 2.16. The molecule has 1 atom stereocenters. The molecule has 1 saturated carbocycles. The van der Waals surface area contributed by atoms with Crippen LogP contribution in [0.1, 0.15) is 30.9 Å². The van der Waals surface area contributed by atoms with E-state index in [1.807, 2.05) is 37.2 Å². The van der Waals surface area contributed by atoms with Crippen molar-refractivity contribution in [3.8, 4) is 0 Å². The van der Waals surface area contributed by atoms with E-state index in [2.05, 4.69) is 10.3 Å². The largest absolute Gasteiger partial charge is 0.345 e. The monoisotopic (exact) mass is 273 g/mol. The maximum Gasteiger partial charge on any atom is 0.244 e. The first-order valence-corrected chi connectivity index (χ1v) is 7.18. The third-order valence-electron chi connectivity index (χ3n) is 3.72. The number of carbonyl (C=O) groups excluding carboxylic acids is 1. The summed E-state index contributed by atoms with van der Waals surface area (Å²) < 4.78 is 0. The zero-order valence-electron chi connectivity index (χ0n) is 12.2. The minimum atomic E-state index is -0.0134. The van der Waals surface area contributed by atoms with E-state index in [0.29, 0.717) is 5.92 Å². The molecule has 0 bridgehead atoms. The van der Waals surface area contributed by atoms with Gasteiger partial charge in [0.05, 0.1) is 6.04 Å². The van der Waals surface area contributed by atoms with Crippen LogP contribution in [0, 0.1) is 5.92 Å². The third-order valence-corrected chi connectivity index (χ3v) is 3.72. The Hall–Kier alpha value is -1.68. The standard InChI is InChI=1S/C16H23N3O/c1-19(2)12-4-7-15(20)18-16(13-5-3-6-13)14-8-10-17-11-9-14/h4,7-11,13,16H,3,5-6,12H2,1-2H3,(H,18,20)/b7-4+. The van der Waals surface area contributed by atoms with Crippen LogP contribution in [0.15, 0.2) is 36.7 Å². The zero-order chi connectivity index (χ0) is 14.4. The van der Waals surface area contributed by atoms with Gasteiger partial charge >= 0.3 is 0 Å². The van der Waals surface area contributed by atoms with Gasteiger partial charge in [0.15, 0.2) is 0 Å². The van der Waals surface area contributed by atoms with Crippen molar-refractivity contribution in [2.24, 2.45) is 5.92 Å². The van der Waals surface area contributed by atoms with Crippen LogP contribution < -0.4 is 5.32 Å². The van der Waals surface area contributed by atoms with E-state index >= 15 is 0 Å². The Kier molecular flexibility index (Phi) is 5.30. The Bertz CT molecular complexity index is 452. The zero-order valence-corrected chi connectivity index (χ0v) is 12.2. The van der Waals surface area contributed by atoms with Crippen LogP contribution in [0.4, 0.5) is 0 Å². The first-order chi connectivity index (χ1) is 9.66. The Labute approximate surface area is 120 Å². The maximum atomic E-state index is 12.0. The summed E-state index contributed by atoms with van der Waals surface area (Å²) in [7, 11) is 3.97. The van der Waals surface area contributed by atoms with Gasteiger partial charge < -0.3 is 10.2 Å². The smallest absolute Gasteiger partial charge is 0.244 e. The molecule has 108 valence electrons. The van der Waals surface area contributed by atoms with Crippen LogP contribution in [-0.2, 0) is 4.79 Å². The second-order valence-corrected chi connectivity index (χ2v) is 5.62. The van der Waals surface area contributed by atoms with E-state index < -0.39 is 0 Å². The van der Waals surface area contributed by atoms with Crippen molar-refractivity contribution < 1.29 is 4.79 Å². The van der Waals surface area contributed by atoms with Crippen LogP contribution in [0.5, 0.6) is 0 Å². The molecule has 4 nitrogen and oxygen atoms in total. The van der Waals surface area contributed by atoms with Gasteiger partial charge in [-0.1, -0.05) is 12.5 Å². The number of nitrogens with zero attached hydrogens (tertiary/aromatic N) is 2. The highest BCUT2D eigenvalue weighted by Crippen LogP contribution is 2.37. The van der Waals surface area contributed by atoms with E-state index in [-0.39, 0.29) is 11.9 Å². The average molecular weight is 273 g/mol. The second kappa shape index (κ2) is 7.20. The molecular formula is C16H23N3O. The lowest BCUT2D eigenvalue weighted by Gasteiger charge is -2.34. The Morgan fingerprint density at radius 1 is 1.45 bits per heavy atom. The molecule has 2 rings (SSSR count). The molecule has 1 unspecified atom stereocenters. The third kappa shape index (κ3) is 4.17. The summed E-state index contributed by atoms with van der Waals surface area (Å²) in [5.74, 6) is 0.546. The van der Waals surface area contributed by atoms with Crippen molar-refractivity contribution >= 4 is 5.91 Å². The van der Waals surface area contributed by atoms with Gasteiger partial charge in [0.1, 0.15) is 0 Å². The van der Waals surface area contributed by atoms with E-state index in [1.165, 1.54) is 19.3 Å². The van der Waals surface area contributed by atoms with Crippen LogP contribution in [-0.4, -0.2) is 36.4 Å². The van der Waals surface area contributed by atoms with Crippen LogP contribution >= 0.6 is 0 Å². The molecule has 1 aromatic rings. The minimum absolute atomic E-state index is 0.0134. The molecule has 4 heteroatoms. The van der Waals surface area contributed by atoms with Crippen molar-refractivity contribution in [1.29, 1.82) is 0 Å². The molecule has 1 aliphatic rings. The lowest BCUT2D eigenvalue weighted by molar-refractivity contribution is -0.117. The molecule has 0 aromatic carbocycles. The molecule has 1 fully saturated rings. The fourth-order valence-electron chi connectivity index (χ4n) is 2.39. The van der Waals surface area contributed by atoms with Gasteiger partial charge in [-0.25, -0.2) is 0 Å². The molecule has 1 aliphatic carbocycles. The number of hydrogen-bond donors (Lipinski definition) is 1. The topological polar surface area (TPSA) is 45.2 Å².